The summed E-state index contributed by atoms with van der Waals surface area (Å²) >= 11 is 6.24. The number of ether oxygens (including phenoxy) is 1. The molecule has 0 radical (unpaired) electrons. The minimum absolute atomic E-state index is 0.197. The fraction of sp³-hybridized carbons (Fsp3) is 0.179. The molecule has 1 aromatic heterocycles. The molecule has 1 atom stereocenters. The maximum Gasteiger partial charge on any atom is 0.255 e. The number of nitrogens with one attached hydrogen (secondary N) is 2. The molecule has 2 N–H and O–H groups in total. The molecule has 5 rings (SSSR count). The van der Waals surface area contributed by atoms with E-state index in [4.69, 9.17) is 16.3 Å². The molecular formula is C28H26ClN5O2. The smallest absolute Gasteiger partial charge is 0.255 e. The number of aryl methyl sites for hydroxylation is 2. The van der Waals surface area contributed by atoms with Crippen molar-refractivity contribution in [2.24, 2.45) is 0 Å². The van der Waals surface area contributed by atoms with E-state index < -0.39 is 6.04 Å². The Kier molecular flexibility index (Phi) is 6.48. The zero-order valence-electron chi connectivity index (χ0n) is 20.2. The van der Waals surface area contributed by atoms with Gasteiger partial charge in [0.2, 0.25) is 5.95 Å². The molecule has 182 valence electrons. The summed E-state index contributed by atoms with van der Waals surface area (Å²) in [6, 6.07) is 20.8. The molecular weight excluding hydrogens is 474 g/mol. The van der Waals surface area contributed by atoms with Crippen molar-refractivity contribution in [3.63, 3.8) is 0 Å². The number of hydrogen-bond donors (Lipinski definition) is 2. The highest BCUT2D eigenvalue weighted by atomic mass is 35.5. The van der Waals surface area contributed by atoms with E-state index in [-0.39, 0.29) is 5.91 Å². The molecule has 3 aromatic carbocycles. The van der Waals surface area contributed by atoms with Crippen molar-refractivity contribution in [1.29, 1.82) is 0 Å². The lowest BCUT2D eigenvalue weighted by atomic mass is 9.94. The molecule has 1 aliphatic heterocycles. The van der Waals surface area contributed by atoms with Gasteiger partial charge in [-0.15, -0.1) is 0 Å². The Hall–Kier alpha value is -4.10. The van der Waals surface area contributed by atoms with Crippen molar-refractivity contribution < 1.29 is 9.53 Å². The Morgan fingerprint density at radius 1 is 1.08 bits per heavy atom. The lowest BCUT2D eigenvalue weighted by molar-refractivity contribution is -0.113. The van der Waals surface area contributed by atoms with Gasteiger partial charge in [-0.1, -0.05) is 59.6 Å². The molecule has 7 nitrogen and oxygen atoms in total. The SMILES string of the molecule is CC1=C(C(=O)Nc2ccc(C)cc2C)C(c2ccc(OCc3ccccc3Cl)cc2)n2ncnc2N1. The average Bonchev–Trinajstić information content (AvgIpc) is 3.33. The van der Waals surface area contributed by atoms with Crippen molar-refractivity contribution in [2.75, 3.05) is 10.6 Å². The van der Waals surface area contributed by atoms with E-state index in [0.717, 1.165) is 33.6 Å². The largest absolute Gasteiger partial charge is 0.489 e. The minimum atomic E-state index is -0.452. The second-order valence-electron chi connectivity index (χ2n) is 8.82. The zero-order chi connectivity index (χ0) is 25.2. The summed E-state index contributed by atoms with van der Waals surface area (Å²) in [5, 5.41) is 11.4. The molecule has 0 fully saturated rings. The third kappa shape index (κ3) is 4.70. The standard InChI is InChI=1S/C28H26ClN5O2/c1-17-8-13-24(18(2)14-17)33-27(35)25-19(3)32-28-30-16-31-34(28)26(25)20-9-11-22(12-10-20)36-15-21-6-4-5-7-23(21)29/h4-14,16,26H,15H2,1-3H3,(H,33,35)(H,30,31,32). The van der Waals surface area contributed by atoms with Gasteiger partial charge in [0.1, 0.15) is 24.7 Å². The summed E-state index contributed by atoms with van der Waals surface area (Å²) in [7, 11) is 0. The van der Waals surface area contributed by atoms with Gasteiger partial charge >= 0.3 is 0 Å². The normalized spacial score (nSPS) is 14.7. The highest BCUT2D eigenvalue weighted by Crippen LogP contribution is 2.36. The number of halogens is 1. The van der Waals surface area contributed by atoms with Crippen molar-refractivity contribution >= 4 is 29.1 Å². The van der Waals surface area contributed by atoms with Crippen LogP contribution in [-0.4, -0.2) is 20.7 Å². The van der Waals surface area contributed by atoms with Crippen LogP contribution in [0.3, 0.4) is 0 Å². The van der Waals surface area contributed by atoms with Gasteiger partial charge < -0.3 is 15.4 Å². The number of rotatable bonds is 6. The molecule has 4 aromatic rings. The molecule has 8 heteroatoms. The van der Waals surface area contributed by atoms with Crippen LogP contribution in [0.5, 0.6) is 5.75 Å². The van der Waals surface area contributed by atoms with E-state index in [1.807, 2.05) is 87.5 Å². The molecule has 1 unspecified atom stereocenters. The first-order valence-electron chi connectivity index (χ1n) is 11.6. The van der Waals surface area contributed by atoms with E-state index in [9.17, 15) is 4.79 Å². The molecule has 0 spiro atoms. The second-order valence-corrected chi connectivity index (χ2v) is 9.22. The van der Waals surface area contributed by atoms with Crippen LogP contribution >= 0.6 is 11.6 Å². The number of anilines is 2. The Labute approximate surface area is 214 Å². The highest BCUT2D eigenvalue weighted by molar-refractivity contribution is 6.31. The van der Waals surface area contributed by atoms with Gasteiger partial charge in [-0.3, -0.25) is 4.79 Å². The van der Waals surface area contributed by atoms with E-state index in [1.165, 1.54) is 6.33 Å². The number of carbonyl (C=O) groups is 1. The van der Waals surface area contributed by atoms with Crippen molar-refractivity contribution in [3.8, 4) is 5.75 Å². The van der Waals surface area contributed by atoms with Gasteiger partial charge in [0.05, 0.1) is 5.57 Å². The van der Waals surface area contributed by atoms with Crippen LogP contribution in [0.4, 0.5) is 11.6 Å². The fourth-order valence-electron chi connectivity index (χ4n) is 4.36. The minimum Gasteiger partial charge on any atom is -0.489 e. The molecule has 1 aliphatic rings. The number of hydrogen-bond acceptors (Lipinski definition) is 5. The number of amides is 1. The van der Waals surface area contributed by atoms with Crippen LogP contribution in [0, 0.1) is 13.8 Å². The summed E-state index contributed by atoms with van der Waals surface area (Å²) < 4.78 is 7.67. The Bertz CT molecular complexity index is 1460. The molecule has 0 aliphatic carbocycles. The number of aromatic nitrogens is 3. The average molecular weight is 500 g/mol. The topological polar surface area (TPSA) is 81.1 Å². The van der Waals surface area contributed by atoms with Crippen LogP contribution in [0.15, 0.2) is 84.3 Å². The number of allylic oxidation sites excluding steroid dienone is 1. The summed E-state index contributed by atoms with van der Waals surface area (Å²) in [5.41, 5.74) is 6.01. The first-order valence-corrected chi connectivity index (χ1v) is 12.0. The van der Waals surface area contributed by atoms with Crippen LogP contribution in [0.2, 0.25) is 5.02 Å². The molecule has 2 heterocycles. The van der Waals surface area contributed by atoms with Crippen LogP contribution in [0.25, 0.3) is 0 Å². The lowest BCUT2D eigenvalue weighted by Crippen LogP contribution is -2.31. The van der Waals surface area contributed by atoms with Gasteiger partial charge in [0, 0.05) is 22.0 Å². The van der Waals surface area contributed by atoms with Gasteiger partial charge in [0.25, 0.3) is 5.91 Å². The number of benzene rings is 3. The molecule has 36 heavy (non-hydrogen) atoms. The fourth-order valence-corrected chi connectivity index (χ4v) is 4.55. The molecule has 0 saturated heterocycles. The number of nitrogens with zero attached hydrogens (tertiary/aromatic N) is 3. The van der Waals surface area contributed by atoms with Crippen molar-refractivity contribution in [1.82, 2.24) is 14.8 Å². The summed E-state index contributed by atoms with van der Waals surface area (Å²) in [6.45, 7) is 6.25. The van der Waals surface area contributed by atoms with Gasteiger partial charge in [-0.2, -0.15) is 10.1 Å². The first kappa shape index (κ1) is 23.6. The molecule has 1 amide bonds. The van der Waals surface area contributed by atoms with Gasteiger partial charge in [0.15, 0.2) is 0 Å². The number of fused-ring (bicyclic) bond motifs is 1. The van der Waals surface area contributed by atoms with Gasteiger partial charge in [-0.05, 0) is 56.2 Å². The molecule has 0 bridgehead atoms. The third-order valence-corrected chi connectivity index (χ3v) is 6.59. The van der Waals surface area contributed by atoms with Crippen LogP contribution in [0.1, 0.15) is 35.2 Å². The molecule has 0 saturated carbocycles. The van der Waals surface area contributed by atoms with E-state index in [1.54, 1.807) is 4.68 Å². The Morgan fingerprint density at radius 3 is 2.61 bits per heavy atom. The Morgan fingerprint density at radius 2 is 1.86 bits per heavy atom. The van der Waals surface area contributed by atoms with E-state index >= 15 is 0 Å². The predicted molar refractivity (Wildman–Crippen MR) is 141 cm³/mol. The Balaban J connectivity index is 1.42. The maximum absolute atomic E-state index is 13.6. The monoisotopic (exact) mass is 499 g/mol. The summed E-state index contributed by atoms with van der Waals surface area (Å²) in [4.78, 5) is 17.9. The summed E-state index contributed by atoms with van der Waals surface area (Å²) in [5.74, 6) is 1.09. The summed E-state index contributed by atoms with van der Waals surface area (Å²) in [6.07, 6.45) is 1.48. The van der Waals surface area contributed by atoms with Crippen molar-refractivity contribution in [3.05, 3.63) is 112 Å². The number of carbonyl (C=O) groups excluding carboxylic acids is 1. The van der Waals surface area contributed by atoms with Gasteiger partial charge in [-0.25, -0.2) is 4.68 Å². The van der Waals surface area contributed by atoms with E-state index in [2.05, 4.69) is 20.7 Å². The predicted octanol–water partition coefficient (Wildman–Crippen LogP) is 6.05. The van der Waals surface area contributed by atoms with E-state index in [0.29, 0.717) is 28.9 Å². The lowest BCUT2D eigenvalue weighted by Gasteiger charge is -2.29. The zero-order valence-corrected chi connectivity index (χ0v) is 21.0. The van der Waals surface area contributed by atoms with Crippen LogP contribution < -0.4 is 15.4 Å². The highest BCUT2D eigenvalue weighted by Gasteiger charge is 2.33. The quantitative estimate of drug-likeness (QED) is 0.337. The third-order valence-electron chi connectivity index (χ3n) is 6.22. The van der Waals surface area contributed by atoms with Crippen molar-refractivity contribution in [2.45, 2.75) is 33.4 Å². The first-order chi connectivity index (χ1) is 17.4. The second kappa shape index (κ2) is 9.87. The van der Waals surface area contributed by atoms with Crippen LogP contribution in [-0.2, 0) is 11.4 Å². The maximum atomic E-state index is 13.6.